The van der Waals surface area contributed by atoms with E-state index in [1.165, 1.54) is 10.8 Å². The van der Waals surface area contributed by atoms with Gasteiger partial charge >= 0.3 is 5.95 Å². The van der Waals surface area contributed by atoms with Crippen LogP contribution in [0.4, 0.5) is 5.95 Å². The van der Waals surface area contributed by atoms with Gasteiger partial charge in [0.1, 0.15) is 12.4 Å². The van der Waals surface area contributed by atoms with E-state index in [2.05, 4.69) is 11.6 Å². The molecule has 0 bridgehead atoms. The molecular weight excluding hydrogens is 158 g/mol. The average molecular weight is 167 g/mol. The number of rotatable bonds is 3. The number of nitrogens with zero attached hydrogens (tertiary/aromatic N) is 3. The van der Waals surface area contributed by atoms with E-state index in [4.69, 9.17) is 0 Å². The summed E-state index contributed by atoms with van der Waals surface area (Å²) in [6, 6.07) is 0. The first-order valence-corrected chi connectivity index (χ1v) is 3.41. The minimum Gasteiger partial charge on any atom is -0.390 e. The highest BCUT2D eigenvalue weighted by Crippen LogP contribution is 2.08. The average Bonchev–Trinajstić information content (AvgIpc) is 2.33. The van der Waals surface area contributed by atoms with Crippen LogP contribution in [0.1, 0.15) is 6.92 Å². The first-order valence-electron chi connectivity index (χ1n) is 3.41. The molecular formula is C7H9N3O2. The van der Waals surface area contributed by atoms with Crippen molar-refractivity contribution in [3.63, 3.8) is 0 Å². The van der Waals surface area contributed by atoms with Crippen molar-refractivity contribution in [1.29, 1.82) is 0 Å². The molecule has 64 valence electrons. The summed E-state index contributed by atoms with van der Waals surface area (Å²) in [4.78, 5) is 13.4. The second-order valence-electron chi connectivity index (χ2n) is 2.57. The molecule has 5 heteroatoms. The van der Waals surface area contributed by atoms with Crippen molar-refractivity contribution in [2.45, 2.75) is 13.5 Å². The molecule has 0 radical (unpaired) electrons. The van der Waals surface area contributed by atoms with Crippen LogP contribution < -0.4 is 0 Å². The monoisotopic (exact) mass is 167 g/mol. The smallest absolute Gasteiger partial charge is 0.390 e. The largest absolute Gasteiger partial charge is 0.434 e. The first kappa shape index (κ1) is 8.45. The molecule has 0 fully saturated rings. The van der Waals surface area contributed by atoms with E-state index in [1.54, 1.807) is 6.20 Å². The van der Waals surface area contributed by atoms with Crippen molar-refractivity contribution in [3.05, 3.63) is 34.7 Å². The van der Waals surface area contributed by atoms with Crippen LogP contribution in [0.25, 0.3) is 0 Å². The van der Waals surface area contributed by atoms with E-state index in [1.807, 2.05) is 6.92 Å². The van der Waals surface area contributed by atoms with Crippen LogP contribution >= 0.6 is 0 Å². The van der Waals surface area contributed by atoms with Gasteiger partial charge in [-0.25, -0.2) is 4.57 Å². The summed E-state index contributed by atoms with van der Waals surface area (Å²) in [6.45, 7) is 5.91. The van der Waals surface area contributed by atoms with Gasteiger partial charge in [0.2, 0.25) is 0 Å². The SMILES string of the molecule is C=C(C)Cn1ccnc1[N+](=O)[O-]. The normalized spacial score (nSPS) is 9.75. The Balaban J connectivity index is 2.91. The third kappa shape index (κ3) is 1.69. The van der Waals surface area contributed by atoms with Gasteiger partial charge in [0.15, 0.2) is 0 Å². The minimum absolute atomic E-state index is 0.141. The number of hydrogen-bond donors (Lipinski definition) is 0. The van der Waals surface area contributed by atoms with E-state index in [0.717, 1.165) is 5.57 Å². The molecule has 0 saturated carbocycles. The third-order valence-electron chi connectivity index (χ3n) is 1.30. The molecule has 0 N–H and O–H groups in total. The molecule has 0 aliphatic carbocycles. The van der Waals surface area contributed by atoms with Crippen molar-refractivity contribution in [2.75, 3.05) is 0 Å². The Morgan fingerprint density at radius 3 is 3.08 bits per heavy atom. The van der Waals surface area contributed by atoms with Crippen molar-refractivity contribution < 1.29 is 4.92 Å². The topological polar surface area (TPSA) is 61.0 Å². The standard InChI is InChI=1S/C7H9N3O2/c1-6(2)5-9-4-3-8-7(9)10(11)12/h3-4H,1,5H2,2H3. The zero-order chi connectivity index (χ0) is 9.14. The van der Waals surface area contributed by atoms with Crippen LogP contribution in [0.2, 0.25) is 0 Å². The first-order chi connectivity index (χ1) is 5.61. The molecule has 0 aliphatic rings. The van der Waals surface area contributed by atoms with Gasteiger partial charge in [0, 0.05) is 0 Å². The Morgan fingerprint density at radius 2 is 2.58 bits per heavy atom. The molecule has 0 atom stereocenters. The molecule has 1 rings (SSSR count). The van der Waals surface area contributed by atoms with Crippen LogP contribution in [-0.2, 0) is 6.54 Å². The number of imidazole rings is 1. The van der Waals surface area contributed by atoms with Crippen LogP contribution in [0.3, 0.4) is 0 Å². The summed E-state index contributed by atoms with van der Waals surface area (Å²) in [6.07, 6.45) is 2.97. The zero-order valence-electron chi connectivity index (χ0n) is 6.73. The van der Waals surface area contributed by atoms with Crippen LogP contribution in [-0.4, -0.2) is 14.5 Å². The van der Waals surface area contributed by atoms with E-state index < -0.39 is 4.92 Å². The van der Waals surface area contributed by atoms with Crippen molar-refractivity contribution >= 4 is 5.95 Å². The molecule has 0 saturated heterocycles. The Bertz CT molecular complexity index is 316. The maximum Gasteiger partial charge on any atom is 0.434 e. The highest BCUT2D eigenvalue weighted by Gasteiger charge is 2.12. The Morgan fingerprint density at radius 1 is 1.92 bits per heavy atom. The molecule has 5 nitrogen and oxygen atoms in total. The van der Waals surface area contributed by atoms with Crippen LogP contribution in [0.5, 0.6) is 0 Å². The van der Waals surface area contributed by atoms with Gasteiger partial charge in [-0.3, -0.25) is 0 Å². The molecule has 1 heterocycles. The second kappa shape index (κ2) is 3.17. The van der Waals surface area contributed by atoms with E-state index >= 15 is 0 Å². The molecule has 0 aromatic carbocycles. The lowest BCUT2D eigenvalue weighted by molar-refractivity contribution is -0.396. The fraction of sp³-hybridized carbons (Fsp3) is 0.286. The van der Waals surface area contributed by atoms with Crippen molar-refractivity contribution in [3.8, 4) is 0 Å². The van der Waals surface area contributed by atoms with Crippen LogP contribution in [0.15, 0.2) is 24.5 Å². The number of allylic oxidation sites excluding steroid dienone is 1. The maximum atomic E-state index is 10.4. The quantitative estimate of drug-likeness (QED) is 0.388. The predicted octanol–water partition coefficient (Wildman–Crippen LogP) is 1.37. The molecule has 1 aromatic rings. The molecule has 0 spiro atoms. The lowest BCUT2D eigenvalue weighted by atomic mass is 10.3. The maximum absolute atomic E-state index is 10.4. The summed E-state index contributed by atoms with van der Waals surface area (Å²) in [7, 11) is 0. The summed E-state index contributed by atoms with van der Waals surface area (Å²) >= 11 is 0. The number of nitro groups is 1. The highest BCUT2D eigenvalue weighted by atomic mass is 16.6. The minimum atomic E-state index is -0.511. The molecule has 12 heavy (non-hydrogen) atoms. The summed E-state index contributed by atoms with van der Waals surface area (Å²) in [5, 5.41) is 10.4. The van der Waals surface area contributed by atoms with Gasteiger partial charge in [-0.05, 0) is 17.4 Å². The fourth-order valence-electron chi connectivity index (χ4n) is 0.888. The fourth-order valence-corrected chi connectivity index (χ4v) is 0.888. The Hall–Kier alpha value is -1.65. The summed E-state index contributed by atoms with van der Waals surface area (Å²) < 4.78 is 1.45. The van der Waals surface area contributed by atoms with E-state index in [-0.39, 0.29) is 5.95 Å². The Kier molecular flexibility index (Phi) is 2.23. The molecule has 1 aromatic heterocycles. The van der Waals surface area contributed by atoms with Gasteiger partial charge in [-0.2, -0.15) is 0 Å². The molecule has 0 aliphatic heterocycles. The van der Waals surface area contributed by atoms with Crippen LogP contribution in [0, 0.1) is 10.1 Å². The number of aromatic nitrogens is 2. The van der Waals surface area contributed by atoms with Gasteiger partial charge in [-0.15, -0.1) is 0 Å². The van der Waals surface area contributed by atoms with Gasteiger partial charge in [-0.1, -0.05) is 11.6 Å². The lowest BCUT2D eigenvalue weighted by Crippen LogP contribution is -2.03. The van der Waals surface area contributed by atoms with E-state index in [9.17, 15) is 10.1 Å². The Labute approximate surface area is 69.5 Å². The molecule has 0 unspecified atom stereocenters. The van der Waals surface area contributed by atoms with Gasteiger partial charge < -0.3 is 10.1 Å². The predicted molar refractivity (Wildman–Crippen MR) is 43.7 cm³/mol. The highest BCUT2D eigenvalue weighted by molar-refractivity contribution is 5.09. The summed E-state index contributed by atoms with van der Waals surface area (Å²) in [5.41, 5.74) is 0.858. The molecule has 0 amide bonds. The second-order valence-corrected chi connectivity index (χ2v) is 2.57. The third-order valence-corrected chi connectivity index (χ3v) is 1.30. The van der Waals surface area contributed by atoms with Crippen molar-refractivity contribution in [1.82, 2.24) is 9.55 Å². The van der Waals surface area contributed by atoms with Gasteiger partial charge in [0.25, 0.3) is 0 Å². The van der Waals surface area contributed by atoms with E-state index in [0.29, 0.717) is 6.54 Å². The lowest BCUT2D eigenvalue weighted by Gasteiger charge is -1.99. The number of hydrogen-bond acceptors (Lipinski definition) is 3. The summed E-state index contributed by atoms with van der Waals surface area (Å²) in [5.74, 6) is -0.141. The van der Waals surface area contributed by atoms with Crippen molar-refractivity contribution in [2.24, 2.45) is 0 Å². The zero-order valence-corrected chi connectivity index (χ0v) is 6.73. The van der Waals surface area contributed by atoms with Gasteiger partial charge in [0.05, 0.1) is 6.54 Å².